The molecular formula is C9H4N4. The molecule has 60 valence electrons. The zero-order chi connectivity index (χ0) is 9.84. The SMILES string of the molecule is N#Cc1ccc(C#N)c(C#N)c1N. The second kappa shape index (κ2) is 3.26. The Labute approximate surface area is 75.0 Å². The summed E-state index contributed by atoms with van der Waals surface area (Å²) >= 11 is 0. The predicted octanol–water partition coefficient (Wildman–Crippen LogP) is 0.884. The Hall–Kier alpha value is -2.51. The highest BCUT2D eigenvalue weighted by Crippen LogP contribution is 2.19. The first-order valence-electron chi connectivity index (χ1n) is 3.37. The molecule has 1 rings (SSSR count). The molecular weight excluding hydrogens is 164 g/mol. The van der Waals surface area contributed by atoms with E-state index in [2.05, 4.69) is 0 Å². The average Bonchev–Trinajstić information content (AvgIpc) is 2.17. The minimum Gasteiger partial charge on any atom is -0.397 e. The monoisotopic (exact) mass is 168 g/mol. The number of hydrogen-bond acceptors (Lipinski definition) is 4. The maximum absolute atomic E-state index is 8.66. The largest absolute Gasteiger partial charge is 0.397 e. The molecule has 0 fully saturated rings. The van der Waals surface area contributed by atoms with Crippen molar-refractivity contribution >= 4 is 5.69 Å². The molecule has 1 aromatic rings. The normalized spacial score (nSPS) is 8.08. The zero-order valence-corrected chi connectivity index (χ0v) is 6.57. The first kappa shape index (κ1) is 8.59. The van der Waals surface area contributed by atoms with Gasteiger partial charge in [-0.05, 0) is 12.1 Å². The van der Waals surface area contributed by atoms with E-state index < -0.39 is 0 Å². The Balaban J connectivity index is 3.57. The summed E-state index contributed by atoms with van der Waals surface area (Å²) in [6.45, 7) is 0. The summed E-state index contributed by atoms with van der Waals surface area (Å²) in [7, 11) is 0. The van der Waals surface area contributed by atoms with E-state index in [1.165, 1.54) is 12.1 Å². The van der Waals surface area contributed by atoms with Crippen LogP contribution in [-0.2, 0) is 0 Å². The lowest BCUT2D eigenvalue weighted by molar-refractivity contribution is 1.41. The summed E-state index contributed by atoms with van der Waals surface area (Å²) in [4.78, 5) is 0. The Bertz CT molecular complexity index is 468. The topological polar surface area (TPSA) is 97.4 Å². The molecule has 0 bridgehead atoms. The van der Waals surface area contributed by atoms with E-state index in [0.29, 0.717) is 0 Å². The number of anilines is 1. The molecule has 0 unspecified atom stereocenters. The molecule has 0 spiro atoms. The van der Waals surface area contributed by atoms with Gasteiger partial charge in [0.05, 0.1) is 22.4 Å². The summed E-state index contributed by atoms with van der Waals surface area (Å²) in [5.41, 5.74) is 6.04. The average molecular weight is 168 g/mol. The van der Waals surface area contributed by atoms with Gasteiger partial charge in [0, 0.05) is 0 Å². The van der Waals surface area contributed by atoms with E-state index in [1.54, 1.807) is 6.07 Å². The van der Waals surface area contributed by atoms with E-state index in [0.717, 1.165) is 0 Å². The van der Waals surface area contributed by atoms with Gasteiger partial charge in [0.25, 0.3) is 0 Å². The summed E-state index contributed by atoms with van der Waals surface area (Å²) in [5, 5.41) is 25.8. The number of benzene rings is 1. The molecule has 0 aromatic heterocycles. The molecule has 13 heavy (non-hydrogen) atoms. The number of hydrogen-bond donors (Lipinski definition) is 1. The van der Waals surface area contributed by atoms with Crippen LogP contribution in [0, 0.1) is 34.0 Å². The third-order valence-electron chi connectivity index (χ3n) is 1.60. The molecule has 0 aliphatic heterocycles. The molecule has 0 atom stereocenters. The van der Waals surface area contributed by atoms with E-state index in [-0.39, 0.29) is 22.4 Å². The van der Waals surface area contributed by atoms with Crippen molar-refractivity contribution in [1.29, 1.82) is 15.8 Å². The van der Waals surface area contributed by atoms with Gasteiger partial charge in [-0.15, -0.1) is 0 Å². The molecule has 0 aliphatic rings. The van der Waals surface area contributed by atoms with Crippen LogP contribution in [-0.4, -0.2) is 0 Å². The third-order valence-corrected chi connectivity index (χ3v) is 1.60. The predicted molar refractivity (Wildman–Crippen MR) is 45.0 cm³/mol. The fourth-order valence-corrected chi connectivity index (χ4v) is 0.931. The first-order chi connectivity index (χ1) is 6.24. The molecule has 0 saturated carbocycles. The second-order valence-corrected chi connectivity index (χ2v) is 2.28. The van der Waals surface area contributed by atoms with Crippen LogP contribution < -0.4 is 5.73 Å². The van der Waals surface area contributed by atoms with E-state index in [4.69, 9.17) is 21.5 Å². The lowest BCUT2D eigenvalue weighted by atomic mass is 10.0. The van der Waals surface area contributed by atoms with Crippen LogP contribution in [0.4, 0.5) is 5.69 Å². The number of nitrogens with zero attached hydrogens (tertiary/aromatic N) is 3. The molecule has 2 N–H and O–H groups in total. The Morgan fingerprint density at radius 2 is 1.46 bits per heavy atom. The van der Waals surface area contributed by atoms with Crippen LogP contribution in [0.2, 0.25) is 0 Å². The summed E-state index contributed by atoms with van der Waals surface area (Å²) in [5.74, 6) is 0. The minimum absolute atomic E-state index is 0.0709. The highest BCUT2D eigenvalue weighted by molar-refractivity contribution is 5.68. The Morgan fingerprint density at radius 3 is 1.92 bits per heavy atom. The van der Waals surface area contributed by atoms with Gasteiger partial charge in [-0.3, -0.25) is 0 Å². The molecule has 4 nitrogen and oxygen atoms in total. The van der Waals surface area contributed by atoms with Gasteiger partial charge in [0.1, 0.15) is 18.2 Å². The van der Waals surface area contributed by atoms with Crippen molar-refractivity contribution in [3.8, 4) is 18.2 Å². The highest BCUT2D eigenvalue weighted by atomic mass is 14.6. The van der Waals surface area contributed by atoms with Crippen molar-refractivity contribution in [2.45, 2.75) is 0 Å². The van der Waals surface area contributed by atoms with Gasteiger partial charge >= 0.3 is 0 Å². The number of nitrogen functional groups attached to an aromatic ring is 1. The fourth-order valence-electron chi connectivity index (χ4n) is 0.931. The maximum atomic E-state index is 8.66. The summed E-state index contributed by atoms with van der Waals surface area (Å²) < 4.78 is 0. The van der Waals surface area contributed by atoms with E-state index in [1.807, 2.05) is 12.1 Å². The van der Waals surface area contributed by atoms with Crippen molar-refractivity contribution in [1.82, 2.24) is 0 Å². The standard InChI is InChI=1S/C9H4N4/c10-3-6-1-2-7(4-11)9(13)8(6)5-12/h1-2H,13H2. The van der Waals surface area contributed by atoms with Crippen LogP contribution in [0.25, 0.3) is 0 Å². The van der Waals surface area contributed by atoms with Crippen LogP contribution in [0.15, 0.2) is 12.1 Å². The molecule has 4 heteroatoms. The maximum Gasteiger partial charge on any atom is 0.103 e. The van der Waals surface area contributed by atoms with Gasteiger partial charge in [-0.2, -0.15) is 15.8 Å². The Kier molecular flexibility index (Phi) is 2.15. The van der Waals surface area contributed by atoms with E-state index >= 15 is 0 Å². The zero-order valence-electron chi connectivity index (χ0n) is 6.57. The lowest BCUT2D eigenvalue weighted by Crippen LogP contribution is -1.97. The number of rotatable bonds is 0. The van der Waals surface area contributed by atoms with Gasteiger partial charge in [0.2, 0.25) is 0 Å². The van der Waals surface area contributed by atoms with Crippen molar-refractivity contribution < 1.29 is 0 Å². The van der Waals surface area contributed by atoms with Crippen molar-refractivity contribution in [2.75, 3.05) is 5.73 Å². The van der Waals surface area contributed by atoms with Gasteiger partial charge in [0.15, 0.2) is 0 Å². The second-order valence-electron chi connectivity index (χ2n) is 2.28. The molecule has 1 aromatic carbocycles. The van der Waals surface area contributed by atoms with Gasteiger partial charge in [-0.25, -0.2) is 0 Å². The molecule has 0 radical (unpaired) electrons. The molecule has 0 amide bonds. The van der Waals surface area contributed by atoms with Crippen molar-refractivity contribution in [3.05, 3.63) is 28.8 Å². The Morgan fingerprint density at radius 1 is 0.923 bits per heavy atom. The summed E-state index contributed by atoms with van der Waals surface area (Å²) in [6.07, 6.45) is 0. The quantitative estimate of drug-likeness (QED) is 0.581. The number of nitriles is 3. The van der Waals surface area contributed by atoms with Crippen LogP contribution in [0.5, 0.6) is 0 Å². The number of nitrogens with two attached hydrogens (primary N) is 1. The molecule has 0 aliphatic carbocycles. The molecule has 0 heterocycles. The van der Waals surface area contributed by atoms with Crippen LogP contribution in [0.1, 0.15) is 16.7 Å². The van der Waals surface area contributed by atoms with Crippen molar-refractivity contribution in [2.24, 2.45) is 0 Å². The minimum atomic E-state index is 0.0709. The summed E-state index contributed by atoms with van der Waals surface area (Å²) in [6, 6.07) is 8.29. The van der Waals surface area contributed by atoms with Gasteiger partial charge in [-0.1, -0.05) is 0 Å². The van der Waals surface area contributed by atoms with Gasteiger partial charge < -0.3 is 5.73 Å². The van der Waals surface area contributed by atoms with Crippen LogP contribution >= 0.6 is 0 Å². The van der Waals surface area contributed by atoms with Crippen molar-refractivity contribution in [3.63, 3.8) is 0 Å². The fraction of sp³-hybridized carbons (Fsp3) is 0. The smallest absolute Gasteiger partial charge is 0.103 e. The first-order valence-corrected chi connectivity index (χ1v) is 3.37. The van der Waals surface area contributed by atoms with Crippen LogP contribution in [0.3, 0.4) is 0 Å². The highest BCUT2D eigenvalue weighted by Gasteiger charge is 2.09. The van der Waals surface area contributed by atoms with E-state index in [9.17, 15) is 0 Å². The third kappa shape index (κ3) is 1.27. The molecule has 0 saturated heterocycles. The lowest BCUT2D eigenvalue weighted by Gasteiger charge is -2.00.